The minimum atomic E-state index is 1.10. The lowest BCUT2D eigenvalue weighted by Crippen LogP contribution is -1.89. The molecule has 3 rings (SSSR count). The number of unbranched alkanes of at least 4 members (excludes halogenated alkanes) is 6. The Balaban J connectivity index is 0.000000187. The fourth-order valence-corrected chi connectivity index (χ4v) is 4.81. The van der Waals surface area contributed by atoms with Gasteiger partial charge in [0.05, 0.1) is 0 Å². The van der Waals surface area contributed by atoms with E-state index in [0.717, 1.165) is 6.42 Å². The first kappa shape index (κ1) is 21.0. The van der Waals surface area contributed by atoms with Crippen molar-refractivity contribution in [1.82, 2.24) is 0 Å². The Hall–Kier alpha value is -1.34. The number of rotatable bonds is 10. The van der Waals surface area contributed by atoms with Crippen LogP contribution in [-0.2, 0) is 6.42 Å². The van der Waals surface area contributed by atoms with Crippen LogP contribution in [0.15, 0.2) is 48.5 Å². The van der Waals surface area contributed by atoms with Gasteiger partial charge in [0.25, 0.3) is 0 Å². The van der Waals surface area contributed by atoms with E-state index >= 15 is 0 Å². The first-order valence-electron chi connectivity index (χ1n) is 10.7. The molecule has 1 heteroatoms. The van der Waals surface area contributed by atoms with E-state index in [-0.39, 0.29) is 0 Å². The highest BCUT2D eigenvalue weighted by atomic mass is 28.2. The second-order valence-corrected chi connectivity index (χ2v) is 8.86. The molecule has 2 radical (unpaired) electrons. The predicted octanol–water partition coefficient (Wildman–Crippen LogP) is 7.95. The maximum absolute atomic E-state index is 2.28. The molecule has 1 aliphatic rings. The molecule has 0 fully saturated rings. The smallest absolute Gasteiger partial charge is 0.0378 e. The highest BCUT2D eigenvalue weighted by Crippen LogP contribution is 2.35. The van der Waals surface area contributed by atoms with Gasteiger partial charge in [-0.1, -0.05) is 126 Å². The van der Waals surface area contributed by atoms with E-state index < -0.39 is 0 Å². The van der Waals surface area contributed by atoms with Crippen LogP contribution < -0.4 is 0 Å². The number of benzene rings is 2. The summed E-state index contributed by atoms with van der Waals surface area (Å²) in [6.45, 7) is 4.57. The molecule has 0 saturated carbocycles. The van der Waals surface area contributed by atoms with Crippen molar-refractivity contribution in [2.45, 2.75) is 83.7 Å². The lowest BCUT2D eigenvalue weighted by atomic mass is 10.1. The summed E-state index contributed by atoms with van der Waals surface area (Å²) in [4.78, 5) is 0. The summed E-state index contributed by atoms with van der Waals surface area (Å²) in [7, 11) is 1.25. The average Bonchev–Trinajstić information content (AvgIpc) is 3.06. The average molecular weight is 365 g/mol. The minimum Gasteiger partial charge on any atom is -0.0654 e. The maximum Gasteiger partial charge on any atom is 0.0378 e. The third-order valence-corrected chi connectivity index (χ3v) is 6.53. The van der Waals surface area contributed by atoms with Crippen molar-refractivity contribution in [1.29, 1.82) is 0 Å². The highest BCUT2D eigenvalue weighted by Gasteiger charge is 2.15. The van der Waals surface area contributed by atoms with Crippen LogP contribution in [0, 0.1) is 0 Å². The Bertz CT molecular complexity index is 564. The zero-order valence-corrected chi connectivity index (χ0v) is 17.9. The van der Waals surface area contributed by atoms with Crippen LogP contribution >= 0.6 is 0 Å². The van der Waals surface area contributed by atoms with Gasteiger partial charge < -0.3 is 0 Å². The summed E-state index contributed by atoms with van der Waals surface area (Å²) >= 11 is 0. The Labute approximate surface area is 164 Å². The third-order valence-electron chi connectivity index (χ3n) is 5.12. The molecule has 2 aromatic carbocycles. The van der Waals surface area contributed by atoms with E-state index in [4.69, 9.17) is 0 Å². The largest absolute Gasteiger partial charge is 0.0654 e. The summed E-state index contributed by atoms with van der Waals surface area (Å²) in [5.74, 6) is 0. The first-order chi connectivity index (χ1) is 12.9. The van der Waals surface area contributed by atoms with Crippen molar-refractivity contribution in [3.63, 3.8) is 0 Å². The molecule has 26 heavy (non-hydrogen) atoms. The van der Waals surface area contributed by atoms with Crippen molar-refractivity contribution in [2.75, 3.05) is 0 Å². The summed E-state index contributed by atoms with van der Waals surface area (Å²) in [6.07, 6.45) is 12.7. The molecule has 0 heterocycles. The van der Waals surface area contributed by atoms with Crippen LogP contribution in [0.2, 0.25) is 12.1 Å². The monoisotopic (exact) mass is 364 g/mol. The molecule has 0 amide bonds. The molecule has 0 atom stereocenters. The summed E-state index contributed by atoms with van der Waals surface area (Å²) in [6, 6.07) is 20.3. The molecule has 2 aromatic rings. The number of hydrogen-bond acceptors (Lipinski definition) is 0. The van der Waals surface area contributed by atoms with Crippen LogP contribution in [0.1, 0.15) is 76.3 Å². The Kier molecular flexibility index (Phi) is 10.4. The molecule has 0 unspecified atom stereocenters. The fourth-order valence-electron chi connectivity index (χ4n) is 3.56. The molecular formula is C25H36Si. The van der Waals surface area contributed by atoms with Gasteiger partial charge in [0.1, 0.15) is 0 Å². The van der Waals surface area contributed by atoms with E-state index in [9.17, 15) is 0 Å². The molecule has 0 aromatic heterocycles. The molecular weight excluding hydrogens is 328 g/mol. The Morgan fingerprint density at radius 2 is 1.08 bits per heavy atom. The normalized spacial score (nSPS) is 11.5. The second kappa shape index (κ2) is 12.9. The van der Waals surface area contributed by atoms with Gasteiger partial charge in [0, 0.05) is 9.52 Å². The molecule has 0 aliphatic heterocycles. The Morgan fingerprint density at radius 3 is 1.54 bits per heavy atom. The Morgan fingerprint density at radius 1 is 0.615 bits per heavy atom. The van der Waals surface area contributed by atoms with E-state index in [1.807, 2.05) is 0 Å². The van der Waals surface area contributed by atoms with Gasteiger partial charge in [-0.3, -0.25) is 0 Å². The van der Waals surface area contributed by atoms with Gasteiger partial charge >= 0.3 is 0 Å². The molecule has 1 aliphatic carbocycles. The quantitative estimate of drug-likeness (QED) is 0.253. The zero-order valence-electron chi connectivity index (χ0n) is 16.9. The van der Waals surface area contributed by atoms with Crippen LogP contribution in [0.4, 0.5) is 0 Å². The van der Waals surface area contributed by atoms with Gasteiger partial charge in [0.2, 0.25) is 0 Å². The van der Waals surface area contributed by atoms with Crippen molar-refractivity contribution in [3.05, 3.63) is 59.7 Å². The maximum atomic E-state index is 2.28. The summed E-state index contributed by atoms with van der Waals surface area (Å²) in [5.41, 5.74) is 5.75. The lowest BCUT2D eigenvalue weighted by Gasteiger charge is -1.99. The van der Waals surface area contributed by atoms with Gasteiger partial charge in [0.15, 0.2) is 0 Å². The van der Waals surface area contributed by atoms with E-state index in [2.05, 4.69) is 62.4 Å². The van der Waals surface area contributed by atoms with Crippen LogP contribution in [0.5, 0.6) is 0 Å². The number of hydrogen-bond donors (Lipinski definition) is 0. The van der Waals surface area contributed by atoms with Gasteiger partial charge in [-0.25, -0.2) is 0 Å². The lowest BCUT2D eigenvalue weighted by molar-refractivity contribution is 0.689. The zero-order chi connectivity index (χ0) is 18.5. The highest BCUT2D eigenvalue weighted by molar-refractivity contribution is 6.35. The van der Waals surface area contributed by atoms with Crippen molar-refractivity contribution < 1.29 is 0 Å². The topological polar surface area (TPSA) is 0 Å². The second-order valence-electron chi connectivity index (χ2n) is 7.36. The molecule has 0 nitrogen and oxygen atoms in total. The van der Waals surface area contributed by atoms with Crippen LogP contribution in [0.3, 0.4) is 0 Å². The van der Waals surface area contributed by atoms with Crippen LogP contribution in [0.25, 0.3) is 11.1 Å². The van der Waals surface area contributed by atoms with Gasteiger partial charge in [-0.2, -0.15) is 0 Å². The first-order valence-corrected chi connectivity index (χ1v) is 12.1. The summed E-state index contributed by atoms with van der Waals surface area (Å²) < 4.78 is 0. The third kappa shape index (κ3) is 7.11. The summed E-state index contributed by atoms with van der Waals surface area (Å²) in [5, 5.41) is 0. The minimum absolute atomic E-state index is 1.10. The molecule has 0 N–H and O–H groups in total. The molecule has 140 valence electrons. The van der Waals surface area contributed by atoms with E-state index in [1.54, 1.807) is 0 Å². The number of fused-ring (bicyclic) bond motifs is 3. The standard InChI is InChI=1S/C13H10.C12H26Si/c1-3-7-12-10(5-1)9-11-6-2-4-8-13(11)12;1-3-5-7-9-11-13-12-10-8-6-4-2/h1-8H,9H2;3-12H2,1-2H3. The van der Waals surface area contributed by atoms with Gasteiger partial charge in [-0.05, 0) is 28.7 Å². The molecule has 0 saturated heterocycles. The van der Waals surface area contributed by atoms with E-state index in [0.29, 0.717) is 0 Å². The van der Waals surface area contributed by atoms with Gasteiger partial charge in [-0.15, -0.1) is 0 Å². The SMILES string of the molecule is CCCCCC[Si]CCCCCC.c1ccc2c(c1)Cc1ccccc1-2. The van der Waals surface area contributed by atoms with E-state index in [1.165, 1.54) is 95.2 Å². The van der Waals surface area contributed by atoms with Crippen molar-refractivity contribution in [2.24, 2.45) is 0 Å². The molecule has 0 bridgehead atoms. The van der Waals surface area contributed by atoms with Crippen LogP contribution in [-0.4, -0.2) is 9.52 Å². The fraction of sp³-hybridized carbons (Fsp3) is 0.520. The van der Waals surface area contributed by atoms with Crippen molar-refractivity contribution in [3.8, 4) is 11.1 Å². The van der Waals surface area contributed by atoms with Crippen molar-refractivity contribution >= 4 is 9.52 Å². The predicted molar refractivity (Wildman–Crippen MR) is 118 cm³/mol. The molecule has 0 spiro atoms.